The Morgan fingerprint density at radius 2 is 1.96 bits per heavy atom. The number of amides is 1. The minimum absolute atomic E-state index is 0.105. The second-order valence-electron chi connectivity index (χ2n) is 5.75. The van der Waals surface area contributed by atoms with Crippen LogP contribution in [0, 0.1) is 5.82 Å². The number of benzene rings is 2. The van der Waals surface area contributed by atoms with E-state index in [4.69, 9.17) is 4.74 Å². The molecule has 27 heavy (non-hydrogen) atoms. The Labute approximate surface area is 156 Å². The molecule has 0 aliphatic heterocycles. The summed E-state index contributed by atoms with van der Waals surface area (Å²) in [7, 11) is 1.63. The highest BCUT2D eigenvalue weighted by Crippen LogP contribution is 2.15. The van der Waals surface area contributed by atoms with Gasteiger partial charge in [0.25, 0.3) is 5.91 Å². The Morgan fingerprint density at radius 3 is 2.78 bits per heavy atom. The van der Waals surface area contributed by atoms with E-state index in [0.29, 0.717) is 12.4 Å². The van der Waals surface area contributed by atoms with Gasteiger partial charge in [0.2, 0.25) is 0 Å². The number of methoxy groups -OCH3 is 1. The molecule has 0 saturated heterocycles. The third-order valence-corrected chi connectivity index (χ3v) is 3.88. The number of hydrogen-bond acceptors (Lipinski definition) is 5. The SMILES string of the molecule is COc1cccc(CCNc2cc(C(=O)Nc3ccccc3F)ncn2)c1. The lowest BCUT2D eigenvalue weighted by molar-refractivity contribution is 0.102. The summed E-state index contributed by atoms with van der Waals surface area (Å²) in [6.45, 7) is 0.624. The number of para-hydroxylation sites is 1. The van der Waals surface area contributed by atoms with E-state index in [1.54, 1.807) is 19.2 Å². The molecule has 0 aliphatic carbocycles. The first-order valence-corrected chi connectivity index (χ1v) is 8.40. The summed E-state index contributed by atoms with van der Waals surface area (Å²) in [6, 6.07) is 15.3. The lowest BCUT2D eigenvalue weighted by Gasteiger charge is -2.09. The summed E-state index contributed by atoms with van der Waals surface area (Å²) in [4.78, 5) is 20.3. The second kappa shape index (κ2) is 8.75. The average molecular weight is 366 g/mol. The fourth-order valence-electron chi connectivity index (χ4n) is 2.49. The van der Waals surface area contributed by atoms with Crippen LogP contribution in [0.5, 0.6) is 5.75 Å². The van der Waals surface area contributed by atoms with E-state index in [2.05, 4.69) is 20.6 Å². The maximum Gasteiger partial charge on any atom is 0.274 e. The second-order valence-corrected chi connectivity index (χ2v) is 5.75. The van der Waals surface area contributed by atoms with E-state index in [0.717, 1.165) is 17.7 Å². The molecule has 0 saturated carbocycles. The highest BCUT2D eigenvalue weighted by Gasteiger charge is 2.11. The number of carbonyl (C=O) groups is 1. The Morgan fingerprint density at radius 1 is 1.11 bits per heavy atom. The lowest BCUT2D eigenvalue weighted by Crippen LogP contribution is -2.16. The number of nitrogens with zero attached hydrogens (tertiary/aromatic N) is 2. The number of aromatic nitrogens is 2. The number of hydrogen-bond donors (Lipinski definition) is 2. The van der Waals surface area contributed by atoms with Crippen molar-refractivity contribution < 1.29 is 13.9 Å². The smallest absolute Gasteiger partial charge is 0.274 e. The van der Waals surface area contributed by atoms with Crippen LogP contribution in [0.15, 0.2) is 60.9 Å². The maximum absolute atomic E-state index is 13.7. The van der Waals surface area contributed by atoms with Gasteiger partial charge in [-0.05, 0) is 36.2 Å². The summed E-state index contributed by atoms with van der Waals surface area (Å²) >= 11 is 0. The van der Waals surface area contributed by atoms with Crippen molar-refractivity contribution in [3.05, 3.63) is 78.0 Å². The van der Waals surface area contributed by atoms with Gasteiger partial charge in [0, 0.05) is 12.6 Å². The van der Waals surface area contributed by atoms with Gasteiger partial charge in [-0.3, -0.25) is 4.79 Å². The Hall–Kier alpha value is -3.48. The number of halogens is 1. The predicted molar refractivity (Wildman–Crippen MR) is 102 cm³/mol. The number of rotatable bonds is 7. The van der Waals surface area contributed by atoms with Gasteiger partial charge in [-0.15, -0.1) is 0 Å². The Kier molecular flexibility index (Phi) is 5.94. The minimum Gasteiger partial charge on any atom is -0.497 e. The quantitative estimate of drug-likeness (QED) is 0.669. The monoisotopic (exact) mass is 366 g/mol. The van der Waals surface area contributed by atoms with Crippen LogP contribution >= 0.6 is 0 Å². The normalized spacial score (nSPS) is 10.3. The van der Waals surface area contributed by atoms with Crippen molar-refractivity contribution >= 4 is 17.4 Å². The summed E-state index contributed by atoms with van der Waals surface area (Å²) in [5.41, 5.74) is 1.37. The van der Waals surface area contributed by atoms with Gasteiger partial charge in [0.1, 0.15) is 29.4 Å². The van der Waals surface area contributed by atoms with Crippen molar-refractivity contribution in [3.63, 3.8) is 0 Å². The van der Waals surface area contributed by atoms with Crippen molar-refractivity contribution in [2.24, 2.45) is 0 Å². The van der Waals surface area contributed by atoms with Crippen LogP contribution in [0.2, 0.25) is 0 Å². The van der Waals surface area contributed by atoms with Gasteiger partial charge >= 0.3 is 0 Å². The van der Waals surface area contributed by atoms with Crippen molar-refractivity contribution in [2.75, 3.05) is 24.3 Å². The van der Waals surface area contributed by atoms with Crippen LogP contribution < -0.4 is 15.4 Å². The molecule has 7 heteroatoms. The van der Waals surface area contributed by atoms with E-state index in [9.17, 15) is 9.18 Å². The number of anilines is 2. The lowest BCUT2D eigenvalue weighted by atomic mass is 10.1. The van der Waals surface area contributed by atoms with Crippen molar-refractivity contribution in [2.45, 2.75) is 6.42 Å². The molecular formula is C20H19FN4O2. The molecule has 1 amide bonds. The molecular weight excluding hydrogens is 347 g/mol. The van der Waals surface area contributed by atoms with E-state index in [1.807, 2.05) is 24.3 Å². The van der Waals surface area contributed by atoms with E-state index >= 15 is 0 Å². The fourth-order valence-corrected chi connectivity index (χ4v) is 2.49. The van der Waals surface area contributed by atoms with Gasteiger partial charge in [0.15, 0.2) is 0 Å². The first-order chi connectivity index (χ1) is 13.2. The molecule has 2 aromatic carbocycles. The summed E-state index contributed by atoms with van der Waals surface area (Å²) in [5, 5.41) is 5.66. The average Bonchev–Trinajstić information content (AvgIpc) is 2.70. The number of nitrogens with one attached hydrogen (secondary N) is 2. The highest BCUT2D eigenvalue weighted by atomic mass is 19.1. The minimum atomic E-state index is -0.503. The topological polar surface area (TPSA) is 76.1 Å². The third-order valence-electron chi connectivity index (χ3n) is 3.88. The zero-order chi connectivity index (χ0) is 19.1. The molecule has 6 nitrogen and oxygen atoms in total. The summed E-state index contributed by atoms with van der Waals surface area (Å²) in [5.74, 6) is 0.322. The fraction of sp³-hybridized carbons (Fsp3) is 0.150. The zero-order valence-electron chi connectivity index (χ0n) is 14.8. The van der Waals surface area contributed by atoms with Crippen LogP contribution in [-0.4, -0.2) is 29.5 Å². The Bertz CT molecular complexity index is 933. The molecule has 0 spiro atoms. The standard InChI is InChI=1S/C20H19FN4O2/c1-27-15-6-4-5-14(11-15)9-10-22-19-12-18(23-13-24-19)20(26)25-17-8-3-2-7-16(17)21/h2-8,11-13H,9-10H2,1H3,(H,25,26)(H,22,23,24). The Balaban J connectivity index is 1.59. The van der Waals surface area contributed by atoms with Gasteiger partial charge in [-0.1, -0.05) is 24.3 Å². The third kappa shape index (κ3) is 5.01. The van der Waals surface area contributed by atoms with Gasteiger partial charge in [0.05, 0.1) is 12.8 Å². The zero-order valence-corrected chi connectivity index (χ0v) is 14.8. The van der Waals surface area contributed by atoms with Gasteiger partial charge in [-0.2, -0.15) is 0 Å². The highest BCUT2D eigenvalue weighted by molar-refractivity contribution is 6.03. The van der Waals surface area contributed by atoms with Gasteiger partial charge < -0.3 is 15.4 Å². The molecule has 0 aliphatic rings. The van der Waals surface area contributed by atoms with Crippen LogP contribution in [0.25, 0.3) is 0 Å². The van der Waals surface area contributed by atoms with Crippen LogP contribution in [-0.2, 0) is 6.42 Å². The first-order valence-electron chi connectivity index (χ1n) is 8.40. The van der Waals surface area contributed by atoms with E-state index in [1.165, 1.54) is 24.5 Å². The first kappa shape index (κ1) is 18.3. The number of carbonyl (C=O) groups excluding carboxylic acids is 1. The molecule has 0 radical (unpaired) electrons. The van der Waals surface area contributed by atoms with Gasteiger partial charge in [-0.25, -0.2) is 14.4 Å². The van der Waals surface area contributed by atoms with Crippen molar-refractivity contribution in [3.8, 4) is 5.75 Å². The van der Waals surface area contributed by atoms with Crippen LogP contribution in [0.3, 0.4) is 0 Å². The van der Waals surface area contributed by atoms with Crippen molar-refractivity contribution in [1.29, 1.82) is 0 Å². The molecule has 3 aromatic rings. The van der Waals surface area contributed by atoms with E-state index in [-0.39, 0.29) is 11.4 Å². The van der Waals surface area contributed by atoms with E-state index < -0.39 is 11.7 Å². The number of ether oxygens (including phenoxy) is 1. The molecule has 0 atom stereocenters. The summed E-state index contributed by atoms with van der Waals surface area (Å²) < 4.78 is 18.9. The largest absolute Gasteiger partial charge is 0.497 e. The molecule has 1 aromatic heterocycles. The van der Waals surface area contributed by atoms with Crippen molar-refractivity contribution in [1.82, 2.24) is 9.97 Å². The predicted octanol–water partition coefficient (Wildman–Crippen LogP) is 3.53. The molecule has 0 unspecified atom stereocenters. The van der Waals surface area contributed by atoms with Crippen LogP contribution in [0.1, 0.15) is 16.1 Å². The molecule has 0 bridgehead atoms. The maximum atomic E-state index is 13.7. The van der Waals surface area contributed by atoms with Crippen LogP contribution in [0.4, 0.5) is 15.9 Å². The molecule has 2 N–H and O–H groups in total. The molecule has 3 rings (SSSR count). The molecule has 138 valence electrons. The molecule has 1 heterocycles. The summed E-state index contributed by atoms with van der Waals surface area (Å²) in [6.07, 6.45) is 2.06. The molecule has 0 fully saturated rings.